The molecule has 0 bridgehead atoms. The Bertz CT molecular complexity index is 623. The number of nitrogens with one attached hydrogen (secondary N) is 1. The first-order chi connectivity index (χ1) is 11.4. The molecular weight excluding hydrogens is 326 g/mol. The monoisotopic (exact) mass is 355 g/mol. The van der Waals surface area contributed by atoms with Gasteiger partial charge in [-0.2, -0.15) is 0 Å². The molecular formula is C17H29N3O3S. The molecule has 3 saturated heterocycles. The van der Waals surface area contributed by atoms with E-state index in [2.05, 4.69) is 5.32 Å². The van der Waals surface area contributed by atoms with Gasteiger partial charge in [-0.3, -0.25) is 4.79 Å². The van der Waals surface area contributed by atoms with Crippen LogP contribution in [-0.4, -0.2) is 69.1 Å². The highest BCUT2D eigenvalue weighted by atomic mass is 32.2. The molecule has 2 atom stereocenters. The van der Waals surface area contributed by atoms with Crippen molar-refractivity contribution in [2.24, 2.45) is 16.7 Å². The largest absolute Gasteiger partial charge is 0.342 e. The summed E-state index contributed by atoms with van der Waals surface area (Å²) in [4.78, 5) is 15.5. The number of nitrogens with zero attached hydrogens (tertiary/aromatic N) is 2. The smallest absolute Gasteiger partial charge is 0.230 e. The lowest BCUT2D eigenvalue weighted by atomic mass is 9.66. The molecule has 4 fully saturated rings. The third-order valence-corrected chi connectivity index (χ3v) is 8.42. The standard InChI is InChI=1S/C17H29N3O3S/c1-24(22,23)20-12-14-16(6-8-18-9-7-16)4-5-17(14,13-20)15(21)19-10-2-3-11-19/h14,18H,2-13H2,1H3/t14-,17+/m0/s1. The summed E-state index contributed by atoms with van der Waals surface area (Å²) in [6.07, 6.45) is 7.54. The van der Waals surface area contributed by atoms with Gasteiger partial charge in [0.1, 0.15) is 0 Å². The number of carbonyl (C=O) groups excluding carboxylic acids is 1. The van der Waals surface area contributed by atoms with Crippen molar-refractivity contribution in [3.8, 4) is 0 Å². The summed E-state index contributed by atoms with van der Waals surface area (Å²) in [7, 11) is -3.25. The van der Waals surface area contributed by atoms with Crippen LogP contribution in [0.2, 0.25) is 0 Å². The van der Waals surface area contributed by atoms with E-state index < -0.39 is 15.4 Å². The van der Waals surface area contributed by atoms with Crippen molar-refractivity contribution < 1.29 is 13.2 Å². The van der Waals surface area contributed by atoms with Gasteiger partial charge in [0.2, 0.25) is 15.9 Å². The summed E-state index contributed by atoms with van der Waals surface area (Å²) >= 11 is 0. The minimum absolute atomic E-state index is 0.153. The first kappa shape index (κ1) is 16.8. The molecule has 1 amide bonds. The van der Waals surface area contributed by atoms with E-state index in [0.29, 0.717) is 13.1 Å². The molecule has 4 aliphatic rings. The molecule has 0 radical (unpaired) electrons. The van der Waals surface area contributed by atoms with Crippen LogP contribution in [0, 0.1) is 16.7 Å². The van der Waals surface area contributed by atoms with Crippen LogP contribution in [0.3, 0.4) is 0 Å². The fourth-order valence-corrected chi connectivity index (χ4v) is 6.77. The van der Waals surface area contributed by atoms with Gasteiger partial charge in [-0.05, 0) is 62.9 Å². The van der Waals surface area contributed by atoms with Gasteiger partial charge in [-0.15, -0.1) is 0 Å². The van der Waals surface area contributed by atoms with Crippen LogP contribution in [0.15, 0.2) is 0 Å². The van der Waals surface area contributed by atoms with Gasteiger partial charge < -0.3 is 10.2 Å². The number of amides is 1. The maximum Gasteiger partial charge on any atom is 0.230 e. The van der Waals surface area contributed by atoms with Crippen LogP contribution < -0.4 is 5.32 Å². The van der Waals surface area contributed by atoms with Gasteiger partial charge in [0.15, 0.2) is 0 Å². The lowest BCUT2D eigenvalue weighted by molar-refractivity contribution is -0.142. The molecule has 1 aliphatic carbocycles. The first-order valence-electron chi connectivity index (χ1n) is 9.33. The van der Waals surface area contributed by atoms with Crippen LogP contribution in [0.4, 0.5) is 0 Å². The number of likely N-dealkylation sites (tertiary alicyclic amines) is 1. The van der Waals surface area contributed by atoms with E-state index in [4.69, 9.17) is 0 Å². The summed E-state index contributed by atoms with van der Waals surface area (Å²) in [6.45, 7) is 4.62. The van der Waals surface area contributed by atoms with E-state index in [9.17, 15) is 13.2 Å². The number of carbonyl (C=O) groups is 1. The lowest BCUT2D eigenvalue weighted by Crippen LogP contribution is -2.49. The number of hydrogen-bond acceptors (Lipinski definition) is 4. The number of piperidine rings is 1. The Balaban J connectivity index is 1.70. The van der Waals surface area contributed by atoms with Crippen LogP contribution in [0.25, 0.3) is 0 Å². The first-order valence-corrected chi connectivity index (χ1v) is 11.2. The molecule has 0 unspecified atom stereocenters. The highest BCUT2D eigenvalue weighted by molar-refractivity contribution is 7.88. The highest BCUT2D eigenvalue weighted by Gasteiger charge is 2.65. The number of hydrogen-bond donors (Lipinski definition) is 1. The molecule has 3 heterocycles. The quantitative estimate of drug-likeness (QED) is 0.790. The molecule has 0 aromatic carbocycles. The Morgan fingerprint density at radius 1 is 1.08 bits per heavy atom. The summed E-state index contributed by atoms with van der Waals surface area (Å²) in [5.41, 5.74) is -0.315. The average Bonchev–Trinajstić information content (AvgIpc) is 3.25. The summed E-state index contributed by atoms with van der Waals surface area (Å²) in [6, 6.07) is 0. The zero-order valence-electron chi connectivity index (χ0n) is 14.6. The highest BCUT2D eigenvalue weighted by Crippen LogP contribution is 2.62. The minimum Gasteiger partial charge on any atom is -0.342 e. The van der Waals surface area contributed by atoms with Gasteiger partial charge in [-0.1, -0.05) is 0 Å². The number of fused-ring (bicyclic) bond motifs is 2. The molecule has 0 aromatic rings. The van der Waals surface area contributed by atoms with E-state index in [-0.39, 0.29) is 17.2 Å². The molecule has 1 saturated carbocycles. The van der Waals surface area contributed by atoms with Crippen LogP contribution in [0.1, 0.15) is 38.5 Å². The molecule has 4 rings (SSSR count). The Hall–Kier alpha value is -0.660. The zero-order chi connectivity index (χ0) is 17.0. The zero-order valence-corrected chi connectivity index (χ0v) is 15.4. The van der Waals surface area contributed by atoms with Gasteiger partial charge >= 0.3 is 0 Å². The van der Waals surface area contributed by atoms with Crippen LogP contribution in [0.5, 0.6) is 0 Å². The fourth-order valence-electron chi connectivity index (χ4n) is 5.88. The minimum atomic E-state index is -3.25. The molecule has 7 heteroatoms. The van der Waals surface area contributed by atoms with Gasteiger partial charge in [-0.25, -0.2) is 12.7 Å². The summed E-state index contributed by atoms with van der Waals surface area (Å²) in [5.74, 6) is 0.432. The van der Waals surface area contributed by atoms with Gasteiger partial charge in [0.25, 0.3) is 0 Å². The Morgan fingerprint density at radius 2 is 1.75 bits per heavy atom. The third-order valence-electron chi connectivity index (χ3n) is 7.21. The van der Waals surface area contributed by atoms with Crippen molar-refractivity contribution in [3.05, 3.63) is 0 Å². The van der Waals surface area contributed by atoms with E-state index in [1.807, 2.05) is 4.90 Å². The molecule has 24 heavy (non-hydrogen) atoms. The second-order valence-electron chi connectivity index (χ2n) is 8.38. The van der Waals surface area contributed by atoms with Gasteiger partial charge in [0, 0.05) is 26.2 Å². The van der Waals surface area contributed by atoms with Gasteiger partial charge in [0.05, 0.1) is 11.7 Å². The Kier molecular flexibility index (Phi) is 3.97. The van der Waals surface area contributed by atoms with Crippen molar-refractivity contribution in [1.82, 2.24) is 14.5 Å². The van der Waals surface area contributed by atoms with Crippen LogP contribution in [-0.2, 0) is 14.8 Å². The predicted molar refractivity (Wildman–Crippen MR) is 91.9 cm³/mol. The Morgan fingerprint density at radius 3 is 2.38 bits per heavy atom. The maximum atomic E-state index is 13.4. The molecule has 136 valence electrons. The topological polar surface area (TPSA) is 69.7 Å². The van der Waals surface area contributed by atoms with E-state index in [1.165, 1.54) is 6.26 Å². The summed E-state index contributed by atoms with van der Waals surface area (Å²) < 4.78 is 26.0. The fraction of sp³-hybridized carbons (Fsp3) is 0.941. The molecule has 1 N–H and O–H groups in total. The van der Waals surface area contributed by atoms with Crippen molar-refractivity contribution >= 4 is 15.9 Å². The number of rotatable bonds is 2. The lowest BCUT2D eigenvalue weighted by Gasteiger charge is -2.41. The predicted octanol–water partition coefficient (Wildman–Crippen LogP) is 0.650. The van der Waals surface area contributed by atoms with Crippen molar-refractivity contribution in [1.29, 1.82) is 0 Å². The van der Waals surface area contributed by atoms with Crippen molar-refractivity contribution in [2.75, 3.05) is 45.5 Å². The molecule has 0 aromatic heterocycles. The normalized spacial score (nSPS) is 36.4. The van der Waals surface area contributed by atoms with Crippen LogP contribution >= 0.6 is 0 Å². The van der Waals surface area contributed by atoms with E-state index in [1.54, 1.807) is 4.31 Å². The van der Waals surface area contributed by atoms with Crippen molar-refractivity contribution in [3.63, 3.8) is 0 Å². The SMILES string of the molecule is CS(=O)(=O)N1C[C@H]2C3(CCNCC3)CC[C@@]2(C(=O)N2CCCC2)C1. The maximum absolute atomic E-state index is 13.4. The summed E-state index contributed by atoms with van der Waals surface area (Å²) in [5, 5.41) is 3.43. The second kappa shape index (κ2) is 5.68. The second-order valence-corrected chi connectivity index (χ2v) is 10.4. The number of sulfonamides is 1. The molecule has 1 spiro atoms. The third kappa shape index (κ3) is 2.42. The van der Waals surface area contributed by atoms with E-state index >= 15 is 0 Å². The van der Waals surface area contributed by atoms with E-state index in [0.717, 1.165) is 64.7 Å². The molecule has 6 nitrogen and oxygen atoms in total. The van der Waals surface area contributed by atoms with Crippen molar-refractivity contribution in [2.45, 2.75) is 38.5 Å². The molecule has 3 aliphatic heterocycles. The average molecular weight is 356 g/mol. The Labute approximate surface area is 145 Å².